The summed E-state index contributed by atoms with van der Waals surface area (Å²) in [5.74, 6) is 0.771. The van der Waals surface area contributed by atoms with E-state index in [0.29, 0.717) is 25.6 Å². The number of hydrogen-bond donors (Lipinski definition) is 1. The lowest BCUT2D eigenvalue weighted by Gasteiger charge is -2.25. The zero-order valence-corrected chi connectivity index (χ0v) is 19.8. The molecule has 0 amide bonds. The Labute approximate surface area is 185 Å². The zero-order chi connectivity index (χ0) is 21.9. The molecule has 1 fully saturated rings. The van der Waals surface area contributed by atoms with Gasteiger partial charge < -0.3 is 4.98 Å². The Hall–Kier alpha value is -2.30. The van der Waals surface area contributed by atoms with Crippen LogP contribution in [0.25, 0.3) is 27.3 Å². The molecular formula is C21H26N6O2S2. The Morgan fingerprint density at radius 3 is 2.65 bits per heavy atom. The van der Waals surface area contributed by atoms with Crippen molar-refractivity contribution < 1.29 is 8.42 Å². The van der Waals surface area contributed by atoms with E-state index in [-0.39, 0.29) is 11.5 Å². The molecule has 1 aliphatic heterocycles. The number of thiazole rings is 1. The second kappa shape index (κ2) is 7.39. The number of rotatable bonds is 4. The summed E-state index contributed by atoms with van der Waals surface area (Å²) >= 11 is 1.66. The highest BCUT2D eigenvalue weighted by atomic mass is 32.2. The molecule has 1 N–H and O–H groups in total. The van der Waals surface area contributed by atoms with Crippen molar-refractivity contribution in [2.45, 2.75) is 40.2 Å². The number of aryl methyl sites for hydroxylation is 1. The third-order valence-electron chi connectivity index (χ3n) is 6.20. The fourth-order valence-electron chi connectivity index (χ4n) is 4.33. The van der Waals surface area contributed by atoms with E-state index in [9.17, 15) is 8.42 Å². The summed E-state index contributed by atoms with van der Waals surface area (Å²) in [6, 6.07) is 0. The van der Waals surface area contributed by atoms with Crippen molar-refractivity contribution in [3.63, 3.8) is 0 Å². The molecule has 4 aromatic heterocycles. The standard InChI is InChI=1S/C21H26N6O2S2/c1-12(2)17-18(15-9-27-20(22-11-23-27)14(4)13(15)3)25-21-19(17)24-16(30-21)10-26-5-7-31(28,29)8-6-26/h9,11-12,25H,5-8,10H2,1-4H3. The minimum absolute atomic E-state index is 0.237. The lowest BCUT2D eigenvalue weighted by atomic mass is 9.96. The second-order valence-corrected chi connectivity index (χ2v) is 12.0. The van der Waals surface area contributed by atoms with Crippen molar-refractivity contribution in [3.05, 3.63) is 34.2 Å². The van der Waals surface area contributed by atoms with Gasteiger partial charge in [-0.25, -0.2) is 22.9 Å². The second-order valence-electron chi connectivity index (χ2n) is 8.60. The van der Waals surface area contributed by atoms with Crippen LogP contribution in [0.15, 0.2) is 12.5 Å². The molecule has 5 heterocycles. The monoisotopic (exact) mass is 458 g/mol. The molecule has 0 bridgehead atoms. The van der Waals surface area contributed by atoms with Gasteiger partial charge >= 0.3 is 0 Å². The number of pyridine rings is 1. The Kier molecular flexibility index (Phi) is 4.91. The highest BCUT2D eigenvalue weighted by Gasteiger charge is 2.25. The minimum atomic E-state index is -2.87. The Morgan fingerprint density at radius 2 is 1.94 bits per heavy atom. The Bertz CT molecular complexity index is 1380. The highest BCUT2D eigenvalue weighted by Crippen LogP contribution is 2.39. The van der Waals surface area contributed by atoms with E-state index in [2.05, 4.69) is 47.7 Å². The van der Waals surface area contributed by atoms with Gasteiger partial charge in [0.2, 0.25) is 0 Å². The maximum Gasteiger partial charge on any atom is 0.158 e. The molecule has 0 aromatic carbocycles. The largest absolute Gasteiger partial charge is 0.345 e. The van der Waals surface area contributed by atoms with Crippen LogP contribution in [0.2, 0.25) is 0 Å². The summed E-state index contributed by atoms with van der Waals surface area (Å²) in [5, 5.41) is 5.36. The van der Waals surface area contributed by atoms with E-state index >= 15 is 0 Å². The average Bonchev–Trinajstić information content (AvgIpc) is 3.40. The summed E-state index contributed by atoms with van der Waals surface area (Å²) in [5.41, 5.74) is 7.63. The van der Waals surface area contributed by atoms with Crippen molar-refractivity contribution in [3.8, 4) is 11.3 Å². The fourth-order valence-corrected chi connectivity index (χ4v) is 6.63. The first-order valence-electron chi connectivity index (χ1n) is 10.5. The summed E-state index contributed by atoms with van der Waals surface area (Å²) in [7, 11) is -2.87. The van der Waals surface area contributed by atoms with Crippen LogP contribution in [0, 0.1) is 13.8 Å². The van der Waals surface area contributed by atoms with E-state index in [1.54, 1.807) is 17.7 Å². The first kappa shape index (κ1) is 20.6. The first-order chi connectivity index (χ1) is 14.7. The van der Waals surface area contributed by atoms with Gasteiger partial charge in [0.05, 0.1) is 23.7 Å². The molecular weight excluding hydrogens is 432 g/mol. The van der Waals surface area contributed by atoms with Gasteiger partial charge in [0.15, 0.2) is 15.5 Å². The van der Waals surface area contributed by atoms with Crippen molar-refractivity contribution >= 4 is 37.2 Å². The van der Waals surface area contributed by atoms with Crippen LogP contribution in [-0.2, 0) is 16.4 Å². The molecule has 0 unspecified atom stereocenters. The molecule has 1 aliphatic rings. The number of nitrogens with zero attached hydrogens (tertiary/aromatic N) is 5. The van der Waals surface area contributed by atoms with Gasteiger partial charge in [0, 0.05) is 30.4 Å². The van der Waals surface area contributed by atoms with Gasteiger partial charge in [-0.1, -0.05) is 25.2 Å². The maximum absolute atomic E-state index is 11.7. The SMILES string of the molecule is Cc1c(-c2[nH]c3sc(CN4CCS(=O)(=O)CC4)nc3c2C(C)C)cn2ncnc2c1C. The number of aromatic amines is 1. The zero-order valence-electron chi connectivity index (χ0n) is 18.1. The molecule has 0 spiro atoms. The van der Waals surface area contributed by atoms with Crippen molar-refractivity contribution in [1.82, 2.24) is 29.5 Å². The predicted octanol–water partition coefficient (Wildman–Crippen LogP) is 3.30. The van der Waals surface area contributed by atoms with Crippen LogP contribution >= 0.6 is 11.3 Å². The molecule has 0 saturated carbocycles. The summed E-state index contributed by atoms with van der Waals surface area (Å²) in [6.45, 7) is 10.4. The molecule has 1 saturated heterocycles. The average molecular weight is 459 g/mol. The Balaban J connectivity index is 1.54. The maximum atomic E-state index is 11.7. The van der Waals surface area contributed by atoms with E-state index in [4.69, 9.17) is 4.98 Å². The molecule has 0 aliphatic carbocycles. The molecule has 4 aromatic rings. The van der Waals surface area contributed by atoms with E-state index in [0.717, 1.165) is 37.8 Å². The molecule has 0 atom stereocenters. The quantitative estimate of drug-likeness (QED) is 0.504. The first-order valence-corrected chi connectivity index (χ1v) is 13.1. The summed E-state index contributed by atoms with van der Waals surface area (Å²) in [4.78, 5) is 16.2. The van der Waals surface area contributed by atoms with Crippen LogP contribution < -0.4 is 0 Å². The van der Waals surface area contributed by atoms with Crippen LogP contribution in [0.4, 0.5) is 0 Å². The third kappa shape index (κ3) is 3.56. The predicted molar refractivity (Wildman–Crippen MR) is 123 cm³/mol. The molecule has 31 heavy (non-hydrogen) atoms. The smallest absolute Gasteiger partial charge is 0.158 e. The lowest BCUT2D eigenvalue weighted by molar-refractivity contribution is 0.287. The number of hydrogen-bond acceptors (Lipinski definition) is 7. The number of sulfone groups is 1. The number of fused-ring (bicyclic) bond motifs is 2. The van der Waals surface area contributed by atoms with Crippen LogP contribution in [0.5, 0.6) is 0 Å². The summed E-state index contributed by atoms with van der Waals surface area (Å²) < 4.78 is 25.2. The van der Waals surface area contributed by atoms with Gasteiger partial charge in [-0.05, 0) is 30.9 Å². The Morgan fingerprint density at radius 1 is 1.19 bits per heavy atom. The van der Waals surface area contributed by atoms with Crippen LogP contribution in [0.3, 0.4) is 0 Å². The number of aromatic nitrogens is 5. The molecule has 164 valence electrons. The molecule has 0 radical (unpaired) electrons. The van der Waals surface area contributed by atoms with Crippen LogP contribution in [0.1, 0.15) is 41.5 Å². The third-order valence-corrected chi connectivity index (χ3v) is 8.77. The topological polar surface area (TPSA) is 96.2 Å². The fraction of sp³-hybridized carbons (Fsp3) is 0.476. The van der Waals surface area contributed by atoms with E-state index < -0.39 is 9.84 Å². The van der Waals surface area contributed by atoms with Crippen molar-refractivity contribution in [2.75, 3.05) is 24.6 Å². The highest BCUT2D eigenvalue weighted by molar-refractivity contribution is 7.91. The normalized spacial score (nSPS) is 17.3. The van der Waals surface area contributed by atoms with Crippen molar-refractivity contribution in [2.24, 2.45) is 0 Å². The number of nitrogens with one attached hydrogen (secondary N) is 1. The van der Waals surface area contributed by atoms with Crippen LogP contribution in [-0.4, -0.2) is 62.5 Å². The van der Waals surface area contributed by atoms with Gasteiger partial charge in [0.1, 0.15) is 21.7 Å². The van der Waals surface area contributed by atoms with Crippen molar-refractivity contribution in [1.29, 1.82) is 0 Å². The molecule has 5 rings (SSSR count). The van der Waals surface area contributed by atoms with E-state index in [1.807, 2.05) is 10.7 Å². The molecule has 8 nitrogen and oxygen atoms in total. The number of H-pyrrole nitrogens is 1. The van der Waals surface area contributed by atoms with E-state index in [1.165, 1.54) is 11.1 Å². The lowest BCUT2D eigenvalue weighted by Crippen LogP contribution is -2.39. The van der Waals surface area contributed by atoms with Gasteiger partial charge in [-0.15, -0.1) is 0 Å². The van der Waals surface area contributed by atoms with Gasteiger partial charge in [-0.3, -0.25) is 4.90 Å². The van der Waals surface area contributed by atoms with Gasteiger partial charge in [0.25, 0.3) is 0 Å². The summed E-state index contributed by atoms with van der Waals surface area (Å²) in [6.07, 6.45) is 3.63. The van der Waals surface area contributed by atoms with Gasteiger partial charge in [-0.2, -0.15) is 5.10 Å². The minimum Gasteiger partial charge on any atom is -0.345 e. The molecule has 10 heteroatoms.